The molecule has 1 aromatic carbocycles. The van der Waals surface area contributed by atoms with Crippen LogP contribution in [0.2, 0.25) is 0 Å². The molecule has 2 saturated heterocycles. The molecular formula is C18H24N2O2. The van der Waals surface area contributed by atoms with E-state index in [1.54, 1.807) is 4.90 Å². The molecule has 0 bridgehead atoms. The third kappa shape index (κ3) is 3.01. The fraction of sp³-hybridized carbons (Fsp3) is 0.556. The van der Waals surface area contributed by atoms with E-state index in [-0.39, 0.29) is 17.7 Å². The average molecular weight is 300 g/mol. The van der Waals surface area contributed by atoms with Crippen LogP contribution in [0.4, 0.5) is 5.69 Å². The number of carbonyl (C=O) groups is 2. The molecule has 4 heteroatoms. The van der Waals surface area contributed by atoms with Crippen molar-refractivity contribution < 1.29 is 9.59 Å². The molecule has 4 nitrogen and oxygen atoms in total. The first-order valence-corrected chi connectivity index (χ1v) is 8.18. The number of amides is 2. The zero-order chi connectivity index (χ0) is 15.7. The molecule has 1 aromatic rings. The smallest absolute Gasteiger partial charge is 0.228 e. The first kappa shape index (κ1) is 15.1. The summed E-state index contributed by atoms with van der Waals surface area (Å²) in [4.78, 5) is 28.7. The van der Waals surface area contributed by atoms with E-state index < -0.39 is 0 Å². The maximum Gasteiger partial charge on any atom is 0.228 e. The van der Waals surface area contributed by atoms with Crippen LogP contribution in [0.3, 0.4) is 0 Å². The number of hydrogen-bond donors (Lipinski definition) is 0. The lowest BCUT2D eigenvalue weighted by Gasteiger charge is -2.36. The first-order valence-electron chi connectivity index (χ1n) is 8.18. The number of para-hydroxylation sites is 1. The van der Waals surface area contributed by atoms with Crippen LogP contribution in [0.25, 0.3) is 0 Å². The van der Waals surface area contributed by atoms with Crippen LogP contribution in [0.15, 0.2) is 30.3 Å². The standard InChI is InChI=1S/C18H24N2O2/c1-13-8-14(2)11-19(10-13)18(22)15-9-17(21)20(12-15)16-6-4-3-5-7-16/h3-7,13-15H,8-12H2,1-2H3/t13-,14-,15-/m1/s1. The van der Waals surface area contributed by atoms with Gasteiger partial charge in [-0.05, 0) is 30.4 Å². The summed E-state index contributed by atoms with van der Waals surface area (Å²) in [6, 6.07) is 9.63. The summed E-state index contributed by atoms with van der Waals surface area (Å²) in [7, 11) is 0. The first-order chi connectivity index (χ1) is 10.5. The van der Waals surface area contributed by atoms with Gasteiger partial charge in [0.15, 0.2) is 0 Å². The molecular weight excluding hydrogens is 276 g/mol. The second kappa shape index (κ2) is 6.11. The molecule has 0 aromatic heterocycles. The van der Waals surface area contributed by atoms with Crippen molar-refractivity contribution in [2.45, 2.75) is 26.7 Å². The molecule has 2 amide bonds. The minimum atomic E-state index is -0.190. The van der Waals surface area contributed by atoms with Crippen molar-refractivity contribution >= 4 is 17.5 Å². The average Bonchev–Trinajstić information content (AvgIpc) is 2.88. The molecule has 0 N–H and O–H groups in total. The Bertz CT molecular complexity index is 547. The van der Waals surface area contributed by atoms with E-state index in [4.69, 9.17) is 0 Å². The molecule has 2 fully saturated rings. The van der Waals surface area contributed by atoms with E-state index in [9.17, 15) is 9.59 Å². The van der Waals surface area contributed by atoms with E-state index in [1.165, 1.54) is 6.42 Å². The van der Waals surface area contributed by atoms with E-state index in [0.717, 1.165) is 18.8 Å². The highest BCUT2D eigenvalue weighted by atomic mass is 16.2. The summed E-state index contributed by atoms with van der Waals surface area (Å²) in [5.74, 6) is 1.13. The van der Waals surface area contributed by atoms with E-state index in [1.807, 2.05) is 35.2 Å². The highest BCUT2D eigenvalue weighted by Crippen LogP contribution is 2.28. The number of anilines is 1. The van der Waals surface area contributed by atoms with Crippen LogP contribution in [0.1, 0.15) is 26.7 Å². The fourth-order valence-corrected chi connectivity index (χ4v) is 3.83. The number of likely N-dealkylation sites (tertiary alicyclic amines) is 1. The fourth-order valence-electron chi connectivity index (χ4n) is 3.83. The topological polar surface area (TPSA) is 40.6 Å². The molecule has 0 saturated carbocycles. The molecule has 3 rings (SSSR count). The Morgan fingerprint density at radius 1 is 1.05 bits per heavy atom. The van der Waals surface area contributed by atoms with Gasteiger partial charge in [-0.15, -0.1) is 0 Å². The molecule has 0 radical (unpaired) electrons. The summed E-state index contributed by atoms with van der Waals surface area (Å²) in [5.41, 5.74) is 0.892. The highest BCUT2D eigenvalue weighted by Gasteiger charge is 2.38. The predicted octanol–water partition coefficient (Wildman–Crippen LogP) is 2.54. The van der Waals surface area contributed by atoms with Gasteiger partial charge in [-0.2, -0.15) is 0 Å². The second-order valence-corrected chi connectivity index (χ2v) is 6.93. The maximum absolute atomic E-state index is 12.8. The van der Waals surface area contributed by atoms with Crippen molar-refractivity contribution in [3.63, 3.8) is 0 Å². The van der Waals surface area contributed by atoms with Crippen LogP contribution in [-0.4, -0.2) is 36.3 Å². The number of benzene rings is 1. The zero-order valence-corrected chi connectivity index (χ0v) is 13.4. The maximum atomic E-state index is 12.8. The van der Waals surface area contributed by atoms with E-state index in [2.05, 4.69) is 13.8 Å². The van der Waals surface area contributed by atoms with Crippen molar-refractivity contribution in [1.82, 2.24) is 4.90 Å². The van der Waals surface area contributed by atoms with Gasteiger partial charge in [-0.25, -0.2) is 0 Å². The predicted molar refractivity (Wildman–Crippen MR) is 86.4 cm³/mol. The van der Waals surface area contributed by atoms with Gasteiger partial charge in [0.25, 0.3) is 0 Å². The minimum Gasteiger partial charge on any atom is -0.342 e. The van der Waals surface area contributed by atoms with Gasteiger partial charge in [-0.1, -0.05) is 32.0 Å². The summed E-state index contributed by atoms with van der Waals surface area (Å²) in [6.07, 6.45) is 1.52. The molecule has 3 atom stereocenters. The van der Waals surface area contributed by atoms with Gasteiger partial charge in [0, 0.05) is 31.7 Å². The van der Waals surface area contributed by atoms with Crippen molar-refractivity contribution in [3.05, 3.63) is 30.3 Å². The van der Waals surface area contributed by atoms with E-state index >= 15 is 0 Å². The number of rotatable bonds is 2. The Labute approximate surface area is 132 Å². The minimum absolute atomic E-state index is 0.0580. The SMILES string of the molecule is C[C@@H]1C[C@@H](C)CN(C(=O)[C@@H]2CC(=O)N(c3ccccc3)C2)C1. The Balaban J connectivity index is 1.69. The number of carbonyl (C=O) groups excluding carboxylic acids is 2. The zero-order valence-electron chi connectivity index (χ0n) is 13.4. The van der Waals surface area contributed by atoms with Crippen molar-refractivity contribution in [3.8, 4) is 0 Å². The second-order valence-electron chi connectivity index (χ2n) is 6.93. The molecule has 0 unspecified atom stereocenters. The normalized spacial score (nSPS) is 29.0. The van der Waals surface area contributed by atoms with Gasteiger partial charge in [0.05, 0.1) is 5.92 Å². The number of nitrogens with zero attached hydrogens (tertiary/aromatic N) is 2. The van der Waals surface area contributed by atoms with E-state index in [0.29, 0.717) is 24.8 Å². The monoisotopic (exact) mass is 300 g/mol. The Hall–Kier alpha value is -1.84. The molecule has 118 valence electrons. The van der Waals surface area contributed by atoms with Crippen LogP contribution in [-0.2, 0) is 9.59 Å². The van der Waals surface area contributed by atoms with Crippen molar-refractivity contribution in [2.24, 2.45) is 17.8 Å². The molecule has 2 aliphatic heterocycles. The number of hydrogen-bond acceptors (Lipinski definition) is 2. The van der Waals surface area contributed by atoms with Gasteiger partial charge >= 0.3 is 0 Å². The molecule has 0 spiro atoms. The lowest BCUT2D eigenvalue weighted by atomic mass is 9.91. The lowest BCUT2D eigenvalue weighted by molar-refractivity contribution is -0.138. The third-order valence-corrected chi connectivity index (χ3v) is 4.72. The van der Waals surface area contributed by atoms with Crippen molar-refractivity contribution in [2.75, 3.05) is 24.5 Å². The number of piperidine rings is 1. The molecule has 2 heterocycles. The van der Waals surface area contributed by atoms with Gasteiger partial charge < -0.3 is 9.80 Å². The molecule has 22 heavy (non-hydrogen) atoms. The highest BCUT2D eigenvalue weighted by molar-refractivity contribution is 6.00. The quantitative estimate of drug-likeness (QED) is 0.842. The Morgan fingerprint density at radius 2 is 1.68 bits per heavy atom. The van der Waals surface area contributed by atoms with Crippen LogP contribution < -0.4 is 4.90 Å². The molecule has 2 aliphatic rings. The summed E-state index contributed by atoms with van der Waals surface area (Å²) in [6.45, 7) is 6.58. The summed E-state index contributed by atoms with van der Waals surface area (Å²) < 4.78 is 0. The van der Waals surface area contributed by atoms with Crippen molar-refractivity contribution in [1.29, 1.82) is 0 Å². The van der Waals surface area contributed by atoms with Crippen LogP contribution in [0.5, 0.6) is 0 Å². The Morgan fingerprint density at radius 3 is 2.32 bits per heavy atom. The van der Waals surface area contributed by atoms with Gasteiger partial charge in [-0.3, -0.25) is 9.59 Å². The summed E-state index contributed by atoms with van der Waals surface area (Å²) in [5, 5.41) is 0. The lowest BCUT2D eigenvalue weighted by Crippen LogP contribution is -2.45. The largest absolute Gasteiger partial charge is 0.342 e. The van der Waals surface area contributed by atoms with Gasteiger partial charge in [0.2, 0.25) is 11.8 Å². The van der Waals surface area contributed by atoms with Crippen LogP contribution in [0, 0.1) is 17.8 Å². The third-order valence-electron chi connectivity index (χ3n) is 4.72. The van der Waals surface area contributed by atoms with Crippen LogP contribution >= 0.6 is 0 Å². The molecule has 0 aliphatic carbocycles. The Kier molecular flexibility index (Phi) is 4.19. The van der Waals surface area contributed by atoms with Gasteiger partial charge in [0.1, 0.15) is 0 Å². The summed E-state index contributed by atoms with van der Waals surface area (Å²) >= 11 is 0.